The lowest BCUT2D eigenvalue weighted by molar-refractivity contribution is 0.0563. The number of nitrogens with zero attached hydrogens (tertiary/aromatic N) is 1. The van der Waals surface area contributed by atoms with Gasteiger partial charge in [0.05, 0.1) is 13.4 Å². The van der Waals surface area contributed by atoms with E-state index in [1.807, 2.05) is 0 Å². The Morgan fingerprint density at radius 3 is 2.95 bits per heavy atom. The summed E-state index contributed by atoms with van der Waals surface area (Å²) in [6.07, 6.45) is 4.13. The molecule has 2 rings (SSSR count). The van der Waals surface area contributed by atoms with Crippen LogP contribution in [0.2, 0.25) is 0 Å². The highest BCUT2D eigenvalue weighted by atomic mass is 16.5. The Morgan fingerprint density at radius 1 is 1.53 bits per heavy atom. The number of methoxy groups -OCH3 is 1. The van der Waals surface area contributed by atoms with Crippen LogP contribution in [0.3, 0.4) is 0 Å². The van der Waals surface area contributed by atoms with Crippen LogP contribution >= 0.6 is 0 Å². The van der Waals surface area contributed by atoms with Gasteiger partial charge in [-0.1, -0.05) is 0 Å². The molecule has 1 aliphatic rings. The van der Waals surface area contributed by atoms with Gasteiger partial charge < -0.3 is 14.5 Å². The predicted molar refractivity (Wildman–Crippen MR) is 72.0 cm³/mol. The van der Waals surface area contributed by atoms with Crippen LogP contribution in [0.1, 0.15) is 35.9 Å². The maximum absolute atomic E-state index is 11.4. The van der Waals surface area contributed by atoms with Crippen molar-refractivity contribution in [2.45, 2.75) is 32.4 Å². The molecule has 0 aromatic carbocycles. The summed E-state index contributed by atoms with van der Waals surface area (Å²) in [6.45, 7) is 6.16. The van der Waals surface area contributed by atoms with E-state index in [4.69, 9.17) is 4.42 Å². The highest BCUT2D eigenvalue weighted by molar-refractivity contribution is 5.87. The van der Waals surface area contributed by atoms with Crippen molar-refractivity contribution in [2.75, 3.05) is 26.7 Å². The lowest BCUT2D eigenvalue weighted by Crippen LogP contribution is -2.38. The molecule has 1 fully saturated rings. The summed E-state index contributed by atoms with van der Waals surface area (Å²) in [5.41, 5.74) is 0.848. The third kappa shape index (κ3) is 3.58. The van der Waals surface area contributed by atoms with Crippen molar-refractivity contribution in [3.8, 4) is 0 Å². The molecule has 1 aromatic rings. The maximum atomic E-state index is 11.4. The third-order valence-corrected chi connectivity index (χ3v) is 3.64. The van der Waals surface area contributed by atoms with Crippen LogP contribution in [0.25, 0.3) is 0 Å². The van der Waals surface area contributed by atoms with Gasteiger partial charge in [-0.3, -0.25) is 4.90 Å². The van der Waals surface area contributed by atoms with Crippen molar-refractivity contribution in [3.05, 3.63) is 23.7 Å². The molecule has 2 heterocycles. The lowest BCUT2D eigenvalue weighted by atomic mass is 10.2. The molecule has 1 unspecified atom stereocenters. The Bertz CT molecular complexity index is 411. The molecule has 1 saturated heterocycles. The Morgan fingerprint density at radius 2 is 2.26 bits per heavy atom. The van der Waals surface area contributed by atoms with Gasteiger partial charge in [0.15, 0.2) is 0 Å². The topological polar surface area (TPSA) is 54.7 Å². The number of hydrogen-bond donors (Lipinski definition) is 1. The number of hydrogen-bond acceptors (Lipinski definition) is 5. The molecule has 0 bridgehead atoms. The van der Waals surface area contributed by atoms with E-state index >= 15 is 0 Å². The Kier molecular flexibility index (Phi) is 4.99. The fourth-order valence-corrected chi connectivity index (χ4v) is 2.47. The SMILES string of the molecule is COC(=O)c1occc1CNCC(C)N1CCCC1. The van der Waals surface area contributed by atoms with E-state index < -0.39 is 5.97 Å². The summed E-state index contributed by atoms with van der Waals surface area (Å²) >= 11 is 0. The van der Waals surface area contributed by atoms with Gasteiger partial charge >= 0.3 is 5.97 Å². The maximum Gasteiger partial charge on any atom is 0.374 e. The lowest BCUT2D eigenvalue weighted by Gasteiger charge is -2.23. The standard InChI is InChI=1S/C14H22N2O3/c1-11(16-6-3-4-7-16)9-15-10-12-5-8-19-13(12)14(17)18-2/h5,8,11,15H,3-4,6-7,9-10H2,1-2H3. The quantitative estimate of drug-likeness (QED) is 0.793. The van der Waals surface area contributed by atoms with E-state index in [9.17, 15) is 4.79 Å². The Hall–Kier alpha value is -1.33. The largest absolute Gasteiger partial charge is 0.463 e. The molecule has 1 atom stereocenters. The van der Waals surface area contributed by atoms with Crippen molar-refractivity contribution in [1.29, 1.82) is 0 Å². The smallest absolute Gasteiger partial charge is 0.374 e. The van der Waals surface area contributed by atoms with E-state index in [0.29, 0.717) is 18.3 Å². The van der Waals surface area contributed by atoms with Gasteiger partial charge in [-0.05, 0) is 38.9 Å². The van der Waals surface area contributed by atoms with Crippen LogP contribution in [0.15, 0.2) is 16.7 Å². The minimum absolute atomic E-state index is 0.295. The van der Waals surface area contributed by atoms with Gasteiger partial charge in [-0.15, -0.1) is 0 Å². The van der Waals surface area contributed by atoms with Crippen LogP contribution in [-0.2, 0) is 11.3 Å². The molecule has 0 spiro atoms. The summed E-state index contributed by atoms with van der Waals surface area (Å²) in [7, 11) is 1.36. The molecule has 0 amide bonds. The summed E-state index contributed by atoms with van der Waals surface area (Å²) in [4.78, 5) is 13.9. The summed E-state index contributed by atoms with van der Waals surface area (Å²) in [5, 5.41) is 3.37. The van der Waals surface area contributed by atoms with Crippen LogP contribution in [0.4, 0.5) is 0 Å². The Labute approximate surface area is 113 Å². The fraction of sp³-hybridized carbons (Fsp3) is 0.643. The molecular formula is C14H22N2O3. The van der Waals surface area contributed by atoms with Gasteiger partial charge in [0.2, 0.25) is 5.76 Å². The van der Waals surface area contributed by atoms with Crippen molar-refractivity contribution < 1.29 is 13.9 Å². The second-order valence-electron chi connectivity index (χ2n) is 4.99. The van der Waals surface area contributed by atoms with Crippen molar-refractivity contribution >= 4 is 5.97 Å². The third-order valence-electron chi connectivity index (χ3n) is 3.64. The number of nitrogens with one attached hydrogen (secondary N) is 1. The predicted octanol–water partition coefficient (Wildman–Crippen LogP) is 1.64. The van der Waals surface area contributed by atoms with Gasteiger partial charge in [-0.25, -0.2) is 4.79 Å². The first-order valence-corrected chi connectivity index (χ1v) is 6.82. The second-order valence-corrected chi connectivity index (χ2v) is 4.99. The average Bonchev–Trinajstić information content (AvgIpc) is 3.08. The number of ether oxygens (including phenoxy) is 1. The molecule has 5 nitrogen and oxygen atoms in total. The number of carbonyl (C=O) groups is 1. The van der Waals surface area contributed by atoms with E-state index in [1.54, 1.807) is 6.07 Å². The summed E-state index contributed by atoms with van der Waals surface area (Å²) < 4.78 is 9.82. The zero-order valence-electron chi connectivity index (χ0n) is 11.6. The summed E-state index contributed by atoms with van der Waals surface area (Å²) in [5.74, 6) is -0.127. The van der Waals surface area contributed by atoms with Crippen LogP contribution < -0.4 is 5.32 Å². The van der Waals surface area contributed by atoms with Crippen molar-refractivity contribution in [3.63, 3.8) is 0 Å². The zero-order chi connectivity index (χ0) is 13.7. The minimum Gasteiger partial charge on any atom is -0.463 e. The minimum atomic E-state index is -0.422. The first-order chi connectivity index (χ1) is 9.22. The van der Waals surface area contributed by atoms with E-state index in [1.165, 1.54) is 39.3 Å². The normalized spacial score (nSPS) is 17.6. The molecule has 19 heavy (non-hydrogen) atoms. The zero-order valence-corrected chi connectivity index (χ0v) is 11.6. The van der Waals surface area contributed by atoms with Crippen molar-refractivity contribution in [2.24, 2.45) is 0 Å². The molecule has 0 saturated carbocycles. The molecule has 106 valence electrons. The fourth-order valence-electron chi connectivity index (χ4n) is 2.47. The highest BCUT2D eigenvalue weighted by Gasteiger charge is 2.19. The van der Waals surface area contributed by atoms with E-state index in [0.717, 1.165) is 12.1 Å². The molecule has 0 radical (unpaired) electrons. The second kappa shape index (κ2) is 6.73. The highest BCUT2D eigenvalue weighted by Crippen LogP contribution is 2.13. The molecule has 5 heteroatoms. The van der Waals surface area contributed by atoms with Crippen LogP contribution in [-0.4, -0.2) is 43.7 Å². The number of carbonyl (C=O) groups excluding carboxylic acids is 1. The van der Waals surface area contributed by atoms with Crippen molar-refractivity contribution in [1.82, 2.24) is 10.2 Å². The molecule has 0 aliphatic carbocycles. The van der Waals surface area contributed by atoms with Gasteiger partial charge in [-0.2, -0.15) is 0 Å². The molecular weight excluding hydrogens is 244 g/mol. The van der Waals surface area contributed by atoms with E-state index in [-0.39, 0.29) is 0 Å². The monoisotopic (exact) mass is 266 g/mol. The molecule has 1 N–H and O–H groups in total. The number of esters is 1. The van der Waals surface area contributed by atoms with Gasteiger partial charge in [0.1, 0.15) is 0 Å². The van der Waals surface area contributed by atoms with E-state index in [2.05, 4.69) is 21.9 Å². The molecule has 1 aliphatic heterocycles. The number of furan rings is 1. The summed E-state index contributed by atoms with van der Waals surface area (Å²) in [6, 6.07) is 2.33. The van der Waals surface area contributed by atoms with Crippen LogP contribution in [0, 0.1) is 0 Å². The first kappa shape index (κ1) is 14.1. The average molecular weight is 266 g/mol. The number of rotatable bonds is 6. The van der Waals surface area contributed by atoms with Gasteiger partial charge in [0.25, 0.3) is 0 Å². The molecule has 1 aromatic heterocycles. The first-order valence-electron chi connectivity index (χ1n) is 6.82. The number of likely N-dealkylation sites (tertiary alicyclic amines) is 1. The Balaban J connectivity index is 1.79. The van der Waals surface area contributed by atoms with Gasteiger partial charge in [0, 0.05) is 24.7 Å². The van der Waals surface area contributed by atoms with Crippen LogP contribution in [0.5, 0.6) is 0 Å².